The Labute approximate surface area is 99.8 Å². The summed E-state index contributed by atoms with van der Waals surface area (Å²) in [6, 6.07) is 2.72. The van der Waals surface area contributed by atoms with Crippen molar-refractivity contribution in [2.75, 3.05) is 6.54 Å². The van der Waals surface area contributed by atoms with Crippen molar-refractivity contribution in [1.82, 2.24) is 5.32 Å². The largest absolute Gasteiger partial charge is 0.309 e. The van der Waals surface area contributed by atoms with Crippen molar-refractivity contribution in [1.29, 1.82) is 0 Å². The molecule has 0 spiro atoms. The molecule has 0 aliphatic heterocycles. The molecule has 1 heterocycles. The number of rotatable bonds is 3. The highest BCUT2D eigenvalue weighted by Crippen LogP contribution is 2.45. The quantitative estimate of drug-likeness (QED) is 0.849. The molecule has 2 aliphatic rings. The standard InChI is InChI=1S/C12H16ClNS/c1-12(4-5-12)7-14-9-2-3-10-8(9)6-11(13)15-10/h6,9,14H,2-5,7H2,1H3. The zero-order valence-electron chi connectivity index (χ0n) is 8.98. The first-order valence-electron chi connectivity index (χ1n) is 5.68. The number of nitrogens with one attached hydrogen (secondary N) is 1. The van der Waals surface area contributed by atoms with E-state index in [1.54, 1.807) is 11.3 Å². The second-order valence-electron chi connectivity index (χ2n) is 5.21. The van der Waals surface area contributed by atoms with Crippen LogP contribution in [0.1, 0.15) is 42.7 Å². The highest BCUT2D eigenvalue weighted by molar-refractivity contribution is 7.16. The van der Waals surface area contributed by atoms with E-state index in [4.69, 9.17) is 11.6 Å². The summed E-state index contributed by atoms with van der Waals surface area (Å²) in [6.07, 6.45) is 5.25. The molecule has 0 aromatic carbocycles. The number of hydrogen-bond acceptors (Lipinski definition) is 2. The van der Waals surface area contributed by atoms with Crippen molar-refractivity contribution in [3.8, 4) is 0 Å². The topological polar surface area (TPSA) is 12.0 Å². The predicted molar refractivity (Wildman–Crippen MR) is 65.7 cm³/mol. The van der Waals surface area contributed by atoms with Crippen LogP contribution in [0.5, 0.6) is 0 Å². The maximum absolute atomic E-state index is 6.04. The van der Waals surface area contributed by atoms with Crippen molar-refractivity contribution in [3.05, 3.63) is 20.8 Å². The Morgan fingerprint density at radius 3 is 3.13 bits per heavy atom. The van der Waals surface area contributed by atoms with Gasteiger partial charge in [-0.15, -0.1) is 11.3 Å². The molecule has 82 valence electrons. The fraction of sp³-hybridized carbons (Fsp3) is 0.667. The van der Waals surface area contributed by atoms with Gasteiger partial charge in [-0.2, -0.15) is 0 Å². The van der Waals surface area contributed by atoms with E-state index in [1.807, 2.05) is 0 Å². The Bertz CT molecular complexity index is 381. The van der Waals surface area contributed by atoms with Crippen molar-refractivity contribution >= 4 is 22.9 Å². The fourth-order valence-electron chi connectivity index (χ4n) is 2.30. The van der Waals surface area contributed by atoms with E-state index in [0.29, 0.717) is 11.5 Å². The van der Waals surface area contributed by atoms with Gasteiger partial charge in [-0.3, -0.25) is 0 Å². The lowest BCUT2D eigenvalue weighted by Gasteiger charge is -2.16. The molecule has 1 nitrogen and oxygen atoms in total. The zero-order valence-corrected chi connectivity index (χ0v) is 10.5. The second kappa shape index (κ2) is 3.47. The molecule has 0 saturated heterocycles. The summed E-state index contributed by atoms with van der Waals surface area (Å²) in [5, 5.41) is 3.70. The van der Waals surface area contributed by atoms with Crippen LogP contribution >= 0.6 is 22.9 Å². The summed E-state index contributed by atoms with van der Waals surface area (Å²) in [4.78, 5) is 1.50. The lowest BCUT2D eigenvalue weighted by Crippen LogP contribution is -2.25. The minimum absolute atomic E-state index is 0.571. The van der Waals surface area contributed by atoms with E-state index in [9.17, 15) is 0 Å². The normalized spacial score (nSPS) is 26.7. The fourth-order valence-corrected chi connectivity index (χ4v) is 3.66. The molecule has 2 aliphatic carbocycles. The maximum atomic E-state index is 6.04. The highest BCUT2D eigenvalue weighted by Gasteiger charge is 2.38. The predicted octanol–water partition coefficient (Wildman–Crippen LogP) is 3.78. The van der Waals surface area contributed by atoms with Gasteiger partial charge in [-0.25, -0.2) is 0 Å². The molecule has 3 heteroatoms. The van der Waals surface area contributed by atoms with Crippen LogP contribution in [0.4, 0.5) is 0 Å². The maximum Gasteiger partial charge on any atom is 0.0934 e. The summed E-state index contributed by atoms with van der Waals surface area (Å²) in [6.45, 7) is 3.54. The summed E-state index contributed by atoms with van der Waals surface area (Å²) >= 11 is 7.79. The first kappa shape index (κ1) is 10.1. The van der Waals surface area contributed by atoms with Gasteiger partial charge < -0.3 is 5.32 Å². The highest BCUT2D eigenvalue weighted by atomic mass is 35.5. The Hall–Kier alpha value is -0.0500. The number of aryl methyl sites for hydroxylation is 1. The van der Waals surface area contributed by atoms with Gasteiger partial charge in [0, 0.05) is 17.5 Å². The molecule has 1 unspecified atom stereocenters. The van der Waals surface area contributed by atoms with Gasteiger partial charge in [0.25, 0.3) is 0 Å². The number of thiophene rings is 1. The Kier molecular flexibility index (Phi) is 2.35. The third-order valence-electron chi connectivity index (χ3n) is 3.73. The molecule has 1 aromatic heterocycles. The van der Waals surface area contributed by atoms with Crippen LogP contribution in [-0.4, -0.2) is 6.54 Å². The molecule has 3 rings (SSSR count). The Morgan fingerprint density at radius 1 is 1.60 bits per heavy atom. The SMILES string of the molecule is CC1(CNC2CCc3sc(Cl)cc32)CC1. The monoisotopic (exact) mass is 241 g/mol. The van der Waals surface area contributed by atoms with Crippen molar-refractivity contribution in [2.24, 2.45) is 5.41 Å². The Morgan fingerprint density at radius 2 is 2.40 bits per heavy atom. The van der Waals surface area contributed by atoms with Gasteiger partial charge in [-0.1, -0.05) is 18.5 Å². The molecule has 1 N–H and O–H groups in total. The average molecular weight is 242 g/mol. The molecular weight excluding hydrogens is 226 g/mol. The van der Waals surface area contributed by atoms with Crippen molar-refractivity contribution in [3.63, 3.8) is 0 Å². The summed E-state index contributed by atoms with van der Waals surface area (Å²) in [5.74, 6) is 0. The molecule has 0 radical (unpaired) electrons. The second-order valence-corrected chi connectivity index (χ2v) is 6.98. The summed E-state index contributed by atoms with van der Waals surface area (Å²) < 4.78 is 0.948. The number of halogens is 1. The van der Waals surface area contributed by atoms with E-state index in [-0.39, 0.29) is 0 Å². The van der Waals surface area contributed by atoms with Crippen LogP contribution in [0.25, 0.3) is 0 Å². The van der Waals surface area contributed by atoms with Gasteiger partial charge in [0.1, 0.15) is 0 Å². The summed E-state index contributed by atoms with van der Waals surface area (Å²) in [7, 11) is 0. The van der Waals surface area contributed by atoms with Gasteiger partial charge in [0.15, 0.2) is 0 Å². The van der Waals surface area contributed by atoms with Crippen LogP contribution in [0.15, 0.2) is 6.07 Å². The number of hydrogen-bond donors (Lipinski definition) is 1. The van der Waals surface area contributed by atoms with Crippen LogP contribution in [-0.2, 0) is 6.42 Å². The minimum Gasteiger partial charge on any atom is -0.309 e. The van der Waals surface area contributed by atoms with E-state index < -0.39 is 0 Å². The third kappa shape index (κ3) is 1.95. The van der Waals surface area contributed by atoms with Crippen LogP contribution in [0, 0.1) is 5.41 Å². The van der Waals surface area contributed by atoms with Gasteiger partial charge >= 0.3 is 0 Å². The average Bonchev–Trinajstić information content (AvgIpc) is 2.65. The van der Waals surface area contributed by atoms with Crippen LogP contribution in [0.3, 0.4) is 0 Å². The molecule has 1 saturated carbocycles. The van der Waals surface area contributed by atoms with Gasteiger partial charge in [0.05, 0.1) is 4.34 Å². The molecule has 1 fully saturated rings. The van der Waals surface area contributed by atoms with Gasteiger partial charge in [-0.05, 0) is 42.7 Å². The minimum atomic E-state index is 0.571. The molecule has 1 aromatic rings. The molecule has 0 bridgehead atoms. The number of fused-ring (bicyclic) bond motifs is 1. The molecule has 0 amide bonds. The van der Waals surface area contributed by atoms with Crippen molar-refractivity contribution in [2.45, 2.75) is 38.6 Å². The van der Waals surface area contributed by atoms with E-state index in [1.165, 1.54) is 42.7 Å². The summed E-state index contributed by atoms with van der Waals surface area (Å²) in [5.41, 5.74) is 2.07. The molecule has 1 atom stereocenters. The van der Waals surface area contributed by atoms with E-state index in [2.05, 4.69) is 18.3 Å². The van der Waals surface area contributed by atoms with Crippen LogP contribution < -0.4 is 5.32 Å². The lowest BCUT2D eigenvalue weighted by molar-refractivity contribution is 0.439. The van der Waals surface area contributed by atoms with E-state index in [0.717, 1.165) is 4.34 Å². The molecular formula is C12H16ClNS. The zero-order chi connectivity index (χ0) is 10.5. The van der Waals surface area contributed by atoms with Crippen molar-refractivity contribution < 1.29 is 0 Å². The smallest absolute Gasteiger partial charge is 0.0934 e. The van der Waals surface area contributed by atoms with E-state index >= 15 is 0 Å². The first-order chi connectivity index (χ1) is 7.16. The Balaban J connectivity index is 1.68. The van der Waals surface area contributed by atoms with Gasteiger partial charge in [0.2, 0.25) is 0 Å². The van der Waals surface area contributed by atoms with Crippen LogP contribution in [0.2, 0.25) is 4.34 Å². The third-order valence-corrected chi connectivity index (χ3v) is 5.07. The lowest BCUT2D eigenvalue weighted by atomic mass is 10.1. The first-order valence-corrected chi connectivity index (χ1v) is 6.87. The molecule has 15 heavy (non-hydrogen) atoms.